The van der Waals surface area contributed by atoms with E-state index in [1.807, 2.05) is 33.8 Å². The van der Waals surface area contributed by atoms with Gasteiger partial charge in [0.05, 0.1) is 5.69 Å². The molecule has 0 spiro atoms. The van der Waals surface area contributed by atoms with E-state index in [2.05, 4.69) is 10.4 Å². The summed E-state index contributed by atoms with van der Waals surface area (Å²) < 4.78 is 1.61. The van der Waals surface area contributed by atoms with Crippen molar-refractivity contribution in [2.75, 3.05) is 0 Å². The third-order valence-electron chi connectivity index (χ3n) is 3.11. The third-order valence-corrected chi connectivity index (χ3v) is 3.11. The molecule has 112 valence electrons. The lowest BCUT2D eigenvalue weighted by Gasteiger charge is -2.20. The van der Waals surface area contributed by atoms with Crippen molar-refractivity contribution in [3.8, 4) is 0 Å². The summed E-state index contributed by atoms with van der Waals surface area (Å²) in [5.74, 6) is -1.14. The Kier molecular flexibility index (Phi) is 5.30. The summed E-state index contributed by atoms with van der Waals surface area (Å²) >= 11 is 0. The van der Waals surface area contributed by atoms with Gasteiger partial charge in [-0.05, 0) is 39.2 Å². The Bertz CT molecular complexity index is 494. The number of amides is 1. The Morgan fingerprint density at radius 2 is 1.95 bits per heavy atom. The summed E-state index contributed by atoms with van der Waals surface area (Å²) in [7, 11) is 0. The van der Waals surface area contributed by atoms with Gasteiger partial charge in [-0.2, -0.15) is 5.10 Å². The monoisotopic (exact) mass is 281 g/mol. The van der Waals surface area contributed by atoms with Crippen molar-refractivity contribution in [1.82, 2.24) is 15.1 Å². The van der Waals surface area contributed by atoms with Crippen LogP contribution in [-0.2, 0) is 9.59 Å². The number of carbonyl (C=O) groups excluding carboxylic acids is 1. The van der Waals surface area contributed by atoms with E-state index in [1.165, 1.54) is 0 Å². The second-order valence-corrected chi connectivity index (χ2v) is 5.58. The van der Waals surface area contributed by atoms with Crippen LogP contribution in [0, 0.1) is 19.8 Å². The van der Waals surface area contributed by atoms with Gasteiger partial charge in [0.15, 0.2) is 0 Å². The van der Waals surface area contributed by atoms with Crippen molar-refractivity contribution in [1.29, 1.82) is 0 Å². The molecule has 0 bridgehead atoms. The van der Waals surface area contributed by atoms with Gasteiger partial charge in [-0.25, -0.2) is 4.79 Å². The predicted octanol–water partition coefficient (Wildman–Crippen LogP) is 1.68. The average molecular weight is 281 g/mol. The van der Waals surface area contributed by atoms with Crippen molar-refractivity contribution in [3.63, 3.8) is 0 Å². The Labute approximate surface area is 119 Å². The Balaban J connectivity index is 2.78. The molecule has 1 rings (SSSR count). The molecule has 20 heavy (non-hydrogen) atoms. The van der Waals surface area contributed by atoms with Gasteiger partial charge in [-0.3, -0.25) is 9.48 Å². The number of carboxylic acid groups (broad SMARTS) is 1. The van der Waals surface area contributed by atoms with Crippen LogP contribution in [0.2, 0.25) is 0 Å². The maximum Gasteiger partial charge on any atom is 0.326 e. The van der Waals surface area contributed by atoms with Crippen molar-refractivity contribution in [2.45, 2.75) is 53.1 Å². The number of hydrogen-bond donors (Lipinski definition) is 2. The fourth-order valence-electron chi connectivity index (χ4n) is 2.13. The minimum atomic E-state index is -1.01. The number of nitrogens with zero attached hydrogens (tertiary/aromatic N) is 2. The van der Waals surface area contributed by atoms with E-state index in [-0.39, 0.29) is 11.8 Å². The van der Waals surface area contributed by atoms with E-state index in [9.17, 15) is 9.59 Å². The van der Waals surface area contributed by atoms with Crippen molar-refractivity contribution in [3.05, 3.63) is 17.5 Å². The summed E-state index contributed by atoms with van der Waals surface area (Å²) in [6, 6.07) is 0.492. The highest BCUT2D eigenvalue weighted by Gasteiger charge is 2.25. The van der Waals surface area contributed by atoms with Gasteiger partial charge in [0.2, 0.25) is 5.91 Å². The summed E-state index contributed by atoms with van der Waals surface area (Å²) in [6.07, 6.45) is 0.408. The first-order valence-corrected chi connectivity index (χ1v) is 6.78. The fourth-order valence-corrected chi connectivity index (χ4v) is 2.13. The number of aliphatic carboxylic acids is 1. The molecule has 1 aromatic heterocycles. The number of carboxylic acids is 1. The SMILES string of the molecule is Cc1cc(C)n(C(C)C(=O)N[C@@H](CC(C)C)C(=O)O)n1. The highest BCUT2D eigenvalue weighted by atomic mass is 16.4. The van der Waals surface area contributed by atoms with Gasteiger partial charge < -0.3 is 10.4 Å². The Morgan fingerprint density at radius 1 is 1.35 bits per heavy atom. The van der Waals surface area contributed by atoms with Crippen LogP contribution in [0.1, 0.15) is 44.6 Å². The molecule has 0 radical (unpaired) electrons. The molecule has 0 saturated carbocycles. The van der Waals surface area contributed by atoms with Gasteiger partial charge in [0, 0.05) is 5.69 Å². The predicted molar refractivity (Wildman–Crippen MR) is 75.4 cm³/mol. The zero-order valence-electron chi connectivity index (χ0n) is 12.7. The molecule has 0 saturated heterocycles. The number of carbonyl (C=O) groups is 2. The normalized spacial score (nSPS) is 14.1. The first-order chi connectivity index (χ1) is 9.22. The van der Waals surface area contributed by atoms with Gasteiger partial charge >= 0.3 is 5.97 Å². The average Bonchev–Trinajstić information content (AvgIpc) is 2.65. The van der Waals surface area contributed by atoms with Crippen molar-refractivity contribution >= 4 is 11.9 Å². The molecule has 0 aliphatic carbocycles. The Hall–Kier alpha value is -1.85. The topological polar surface area (TPSA) is 84.2 Å². The minimum absolute atomic E-state index is 0.195. The van der Waals surface area contributed by atoms with Crippen LogP contribution in [0.3, 0.4) is 0 Å². The van der Waals surface area contributed by atoms with Crippen LogP contribution >= 0.6 is 0 Å². The molecule has 0 aliphatic rings. The molecule has 0 aromatic carbocycles. The molecule has 0 fully saturated rings. The first-order valence-electron chi connectivity index (χ1n) is 6.78. The number of hydrogen-bond acceptors (Lipinski definition) is 3. The van der Waals surface area contributed by atoms with E-state index in [1.54, 1.807) is 11.6 Å². The van der Waals surface area contributed by atoms with E-state index in [0.717, 1.165) is 11.4 Å². The van der Waals surface area contributed by atoms with E-state index < -0.39 is 18.1 Å². The van der Waals surface area contributed by atoms with Gasteiger partial charge in [0.25, 0.3) is 0 Å². The lowest BCUT2D eigenvalue weighted by Crippen LogP contribution is -2.44. The lowest BCUT2D eigenvalue weighted by molar-refractivity contribution is -0.142. The Morgan fingerprint density at radius 3 is 2.35 bits per heavy atom. The molecule has 1 unspecified atom stereocenters. The van der Waals surface area contributed by atoms with Crippen LogP contribution in [0.4, 0.5) is 0 Å². The molecular formula is C14H23N3O3. The van der Waals surface area contributed by atoms with Crippen LogP contribution in [0.5, 0.6) is 0 Å². The summed E-state index contributed by atoms with van der Waals surface area (Å²) in [4.78, 5) is 23.3. The zero-order valence-corrected chi connectivity index (χ0v) is 12.7. The molecule has 1 aromatic rings. The van der Waals surface area contributed by atoms with Crippen molar-refractivity contribution < 1.29 is 14.7 Å². The first kappa shape index (κ1) is 16.2. The highest BCUT2D eigenvalue weighted by Crippen LogP contribution is 2.12. The molecule has 2 atom stereocenters. The van der Waals surface area contributed by atoms with Crippen LogP contribution in [0.15, 0.2) is 6.07 Å². The quantitative estimate of drug-likeness (QED) is 0.831. The second kappa shape index (κ2) is 6.54. The van der Waals surface area contributed by atoms with E-state index in [0.29, 0.717) is 6.42 Å². The maximum atomic E-state index is 12.2. The molecule has 6 heteroatoms. The second-order valence-electron chi connectivity index (χ2n) is 5.58. The number of aryl methyl sites for hydroxylation is 2. The minimum Gasteiger partial charge on any atom is -0.480 e. The third kappa shape index (κ3) is 4.08. The number of rotatable bonds is 6. The number of nitrogens with one attached hydrogen (secondary N) is 1. The zero-order chi connectivity index (χ0) is 15.4. The lowest BCUT2D eigenvalue weighted by atomic mass is 10.0. The molecule has 1 heterocycles. The van der Waals surface area contributed by atoms with E-state index in [4.69, 9.17) is 5.11 Å². The summed E-state index contributed by atoms with van der Waals surface area (Å²) in [6.45, 7) is 9.28. The van der Waals surface area contributed by atoms with Crippen LogP contribution in [0.25, 0.3) is 0 Å². The van der Waals surface area contributed by atoms with Gasteiger partial charge in [-0.15, -0.1) is 0 Å². The standard InChI is InChI=1S/C14H23N3O3/c1-8(2)6-12(14(19)20)15-13(18)11(5)17-10(4)7-9(3)16-17/h7-8,11-12H,6H2,1-5H3,(H,15,18)(H,19,20)/t11?,12-/m0/s1. The smallest absolute Gasteiger partial charge is 0.326 e. The van der Waals surface area contributed by atoms with E-state index >= 15 is 0 Å². The number of aromatic nitrogens is 2. The summed E-state index contributed by atoms with van der Waals surface area (Å²) in [5.41, 5.74) is 1.71. The highest BCUT2D eigenvalue weighted by molar-refractivity contribution is 5.85. The largest absolute Gasteiger partial charge is 0.480 e. The van der Waals surface area contributed by atoms with Gasteiger partial charge in [0.1, 0.15) is 12.1 Å². The van der Waals surface area contributed by atoms with Crippen LogP contribution < -0.4 is 5.32 Å². The maximum absolute atomic E-state index is 12.2. The summed E-state index contributed by atoms with van der Waals surface area (Å²) in [5, 5.41) is 16.0. The molecule has 0 aliphatic heterocycles. The van der Waals surface area contributed by atoms with Crippen LogP contribution in [-0.4, -0.2) is 32.8 Å². The molecule has 2 N–H and O–H groups in total. The molecule has 6 nitrogen and oxygen atoms in total. The van der Waals surface area contributed by atoms with Gasteiger partial charge in [-0.1, -0.05) is 13.8 Å². The fraction of sp³-hybridized carbons (Fsp3) is 0.643. The van der Waals surface area contributed by atoms with Crippen molar-refractivity contribution in [2.24, 2.45) is 5.92 Å². The molecular weight excluding hydrogens is 258 g/mol. The molecule has 1 amide bonds.